The number of carbonyl (C=O) groups is 1. The molecule has 0 bridgehead atoms. The number of nitrogens with zero attached hydrogens (tertiary/aromatic N) is 1. The molecule has 1 amide bonds. The van der Waals surface area contributed by atoms with E-state index in [4.69, 9.17) is 0 Å². The first-order valence-corrected chi connectivity index (χ1v) is 8.12. The Morgan fingerprint density at radius 3 is 2.81 bits per heavy atom. The molecular weight excluding hydrogens is 260 g/mol. The Balaban J connectivity index is 2.03. The number of aryl methyl sites for hydroxylation is 2. The minimum atomic E-state index is 0.192. The summed E-state index contributed by atoms with van der Waals surface area (Å²) >= 11 is 0. The largest absolute Gasteiger partial charge is 0.338 e. The second kappa shape index (κ2) is 7.08. The van der Waals surface area contributed by atoms with Gasteiger partial charge in [0.25, 0.3) is 5.91 Å². The van der Waals surface area contributed by atoms with E-state index in [0.29, 0.717) is 12.0 Å². The summed E-state index contributed by atoms with van der Waals surface area (Å²) in [5.74, 6) is 0.705. The summed E-state index contributed by atoms with van der Waals surface area (Å²) in [6.45, 7) is 11.3. The molecule has 3 heteroatoms. The van der Waals surface area contributed by atoms with Gasteiger partial charge in [-0.25, -0.2) is 0 Å². The van der Waals surface area contributed by atoms with Crippen LogP contribution in [0.15, 0.2) is 18.2 Å². The second-order valence-corrected chi connectivity index (χ2v) is 6.40. The molecular formula is C18H28N2O. The Labute approximate surface area is 128 Å². The highest BCUT2D eigenvalue weighted by molar-refractivity contribution is 5.95. The molecule has 1 aliphatic heterocycles. The number of hydrogen-bond acceptors (Lipinski definition) is 2. The van der Waals surface area contributed by atoms with Gasteiger partial charge in [0, 0.05) is 24.7 Å². The van der Waals surface area contributed by atoms with E-state index in [1.807, 2.05) is 30.9 Å². The monoisotopic (exact) mass is 288 g/mol. The Kier molecular flexibility index (Phi) is 5.40. The van der Waals surface area contributed by atoms with E-state index >= 15 is 0 Å². The van der Waals surface area contributed by atoms with Gasteiger partial charge in [-0.1, -0.05) is 31.5 Å². The Hall–Kier alpha value is -1.35. The van der Waals surface area contributed by atoms with Gasteiger partial charge in [0.15, 0.2) is 0 Å². The summed E-state index contributed by atoms with van der Waals surface area (Å²) in [6.07, 6.45) is 2.21. The summed E-state index contributed by atoms with van der Waals surface area (Å²) < 4.78 is 0. The summed E-state index contributed by atoms with van der Waals surface area (Å²) in [5, 5.41) is 3.60. The van der Waals surface area contributed by atoms with Crippen molar-refractivity contribution in [3.8, 4) is 0 Å². The summed E-state index contributed by atoms with van der Waals surface area (Å²) in [7, 11) is 0. The van der Waals surface area contributed by atoms with Crippen molar-refractivity contribution in [2.45, 2.75) is 46.6 Å². The maximum atomic E-state index is 12.7. The third-order valence-electron chi connectivity index (χ3n) is 4.47. The van der Waals surface area contributed by atoms with E-state index in [-0.39, 0.29) is 5.91 Å². The highest BCUT2D eigenvalue weighted by Gasteiger charge is 2.29. The van der Waals surface area contributed by atoms with Crippen LogP contribution < -0.4 is 5.32 Å². The topological polar surface area (TPSA) is 32.3 Å². The molecule has 1 saturated heterocycles. The number of hydrogen-bond donors (Lipinski definition) is 1. The molecule has 3 nitrogen and oxygen atoms in total. The van der Waals surface area contributed by atoms with Crippen molar-refractivity contribution in [2.75, 3.05) is 19.6 Å². The molecule has 116 valence electrons. The molecule has 2 unspecified atom stereocenters. The van der Waals surface area contributed by atoms with Crippen molar-refractivity contribution < 1.29 is 4.79 Å². The lowest BCUT2D eigenvalue weighted by atomic mass is 9.92. The van der Waals surface area contributed by atoms with Crippen LogP contribution in [0.4, 0.5) is 0 Å². The number of nitrogens with one attached hydrogen (secondary N) is 1. The fourth-order valence-electron chi connectivity index (χ4n) is 3.10. The van der Waals surface area contributed by atoms with E-state index in [9.17, 15) is 4.79 Å². The van der Waals surface area contributed by atoms with Crippen molar-refractivity contribution in [3.05, 3.63) is 34.9 Å². The molecule has 21 heavy (non-hydrogen) atoms. The lowest BCUT2D eigenvalue weighted by Gasteiger charge is -2.37. The molecule has 2 atom stereocenters. The van der Waals surface area contributed by atoms with Gasteiger partial charge >= 0.3 is 0 Å². The molecule has 1 aliphatic rings. The summed E-state index contributed by atoms with van der Waals surface area (Å²) in [5.41, 5.74) is 3.09. The van der Waals surface area contributed by atoms with E-state index < -0.39 is 0 Å². The van der Waals surface area contributed by atoms with Gasteiger partial charge in [0.2, 0.25) is 0 Å². The summed E-state index contributed by atoms with van der Waals surface area (Å²) in [6, 6.07) is 6.67. The van der Waals surface area contributed by atoms with E-state index in [1.54, 1.807) is 0 Å². The fourth-order valence-corrected chi connectivity index (χ4v) is 3.10. The van der Waals surface area contributed by atoms with Crippen LogP contribution in [0.5, 0.6) is 0 Å². The van der Waals surface area contributed by atoms with Crippen LogP contribution in [0.2, 0.25) is 0 Å². The van der Waals surface area contributed by atoms with Crippen molar-refractivity contribution in [1.29, 1.82) is 0 Å². The van der Waals surface area contributed by atoms with Crippen molar-refractivity contribution >= 4 is 5.91 Å². The minimum Gasteiger partial charge on any atom is -0.338 e. The zero-order chi connectivity index (χ0) is 15.4. The molecule has 2 rings (SSSR count). The number of carbonyl (C=O) groups excluding carboxylic acids is 1. The van der Waals surface area contributed by atoms with Crippen molar-refractivity contribution in [1.82, 2.24) is 10.2 Å². The number of amides is 1. The van der Waals surface area contributed by atoms with E-state index in [2.05, 4.69) is 25.2 Å². The lowest BCUT2D eigenvalue weighted by Crippen LogP contribution is -2.50. The van der Waals surface area contributed by atoms with Gasteiger partial charge in [-0.15, -0.1) is 0 Å². The van der Waals surface area contributed by atoms with Crippen LogP contribution in [0.25, 0.3) is 0 Å². The highest BCUT2D eigenvalue weighted by Crippen LogP contribution is 2.21. The standard InChI is InChI=1S/C18H28N2O/c1-5-9-19-17-8-10-20(12-15(17)4)18(21)16-11-13(2)6-7-14(16)3/h6-7,11,15,17,19H,5,8-10,12H2,1-4H3. The summed E-state index contributed by atoms with van der Waals surface area (Å²) in [4.78, 5) is 14.8. The molecule has 0 spiro atoms. The molecule has 0 aliphatic carbocycles. The average Bonchev–Trinajstić information content (AvgIpc) is 2.47. The van der Waals surface area contributed by atoms with Gasteiger partial charge in [-0.2, -0.15) is 0 Å². The minimum absolute atomic E-state index is 0.192. The molecule has 1 N–H and O–H groups in total. The van der Waals surface area contributed by atoms with Gasteiger partial charge in [0.05, 0.1) is 0 Å². The Morgan fingerprint density at radius 2 is 2.14 bits per heavy atom. The molecule has 1 aromatic carbocycles. The molecule has 1 fully saturated rings. The Morgan fingerprint density at radius 1 is 1.38 bits per heavy atom. The third-order valence-corrected chi connectivity index (χ3v) is 4.47. The lowest BCUT2D eigenvalue weighted by molar-refractivity contribution is 0.0644. The third kappa shape index (κ3) is 3.85. The van der Waals surface area contributed by atoms with Crippen LogP contribution in [0.1, 0.15) is 48.2 Å². The van der Waals surface area contributed by atoms with E-state index in [1.165, 1.54) is 0 Å². The molecule has 0 aromatic heterocycles. The van der Waals surface area contributed by atoms with Gasteiger partial charge in [-0.3, -0.25) is 4.79 Å². The van der Waals surface area contributed by atoms with Gasteiger partial charge in [0.1, 0.15) is 0 Å². The normalized spacial score (nSPS) is 22.4. The molecule has 1 aromatic rings. The van der Waals surface area contributed by atoms with Crippen molar-refractivity contribution in [3.63, 3.8) is 0 Å². The highest BCUT2D eigenvalue weighted by atomic mass is 16.2. The van der Waals surface area contributed by atoms with E-state index in [0.717, 1.165) is 49.2 Å². The fraction of sp³-hybridized carbons (Fsp3) is 0.611. The van der Waals surface area contributed by atoms with Gasteiger partial charge in [-0.05, 0) is 50.8 Å². The molecule has 1 heterocycles. The quantitative estimate of drug-likeness (QED) is 0.923. The first-order chi connectivity index (χ1) is 10.0. The van der Waals surface area contributed by atoms with Crippen LogP contribution in [0, 0.1) is 19.8 Å². The van der Waals surface area contributed by atoms with Gasteiger partial charge < -0.3 is 10.2 Å². The molecule has 0 radical (unpaired) electrons. The zero-order valence-corrected chi connectivity index (χ0v) is 13.8. The molecule has 0 saturated carbocycles. The average molecular weight is 288 g/mol. The first-order valence-electron chi connectivity index (χ1n) is 8.12. The number of rotatable bonds is 4. The predicted molar refractivity (Wildman–Crippen MR) is 87.7 cm³/mol. The van der Waals surface area contributed by atoms with Crippen LogP contribution in [0.3, 0.4) is 0 Å². The van der Waals surface area contributed by atoms with Crippen LogP contribution >= 0.6 is 0 Å². The zero-order valence-electron chi connectivity index (χ0n) is 13.8. The predicted octanol–water partition coefficient (Wildman–Crippen LogP) is 3.15. The maximum absolute atomic E-state index is 12.7. The number of likely N-dealkylation sites (tertiary alicyclic amines) is 1. The Bertz CT molecular complexity index is 498. The SMILES string of the molecule is CCCNC1CCN(C(=O)c2cc(C)ccc2C)CC1C. The number of benzene rings is 1. The maximum Gasteiger partial charge on any atom is 0.254 e. The van der Waals surface area contributed by atoms with Crippen LogP contribution in [-0.2, 0) is 0 Å². The van der Waals surface area contributed by atoms with Crippen molar-refractivity contribution in [2.24, 2.45) is 5.92 Å². The smallest absolute Gasteiger partial charge is 0.254 e. The van der Waals surface area contributed by atoms with Crippen LogP contribution in [-0.4, -0.2) is 36.5 Å². The first kappa shape index (κ1) is 16.0. The second-order valence-electron chi connectivity index (χ2n) is 6.40. The number of piperidine rings is 1.